The molecule has 4 amide bonds. The van der Waals surface area contributed by atoms with E-state index < -0.39 is 11.8 Å². The van der Waals surface area contributed by atoms with Crippen LogP contribution in [0.1, 0.15) is 112 Å². The number of carbonyl (C=O) groups is 4. The molecule has 0 aromatic heterocycles. The zero-order chi connectivity index (χ0) is 50.6. The quantitative estimate of drug-likeness (QED) is 0.0258. The van der Waals surface area contributed by atoms with Gasteiger partial charge < -0.3 is 67.1 Å². The number of thioether (sulfide) groups is 2. The highest BCUT2D eigenvalue weighted by Gasteiger charge is 2.25. The molecule has 0 bridgehead atoms. The second-order valence-corrected chi connectivity index (χ2v) is 19.9. The number of benzene rings is 3. The summed E-state index contributed by atoms with van der Waals surface area (Å²) in [6.45, 7) is 13.5. The molecular formula is C46H70N16O4S2. The van der Waals surface area contributed by atoms with Crippen LogP contribution in [0.3, 0.4) is 0 Å². The lowest BCUT2D eigenvalue weighted by Gasteiger charge is -2.25. The molecule has 0 atom stereocenters. The van der Waals surface area contributed by atoms with Crippen LogP contribution in [0.25, 0.3) is 0 Å². The fourth-order valence-corrected chi connectivity index (χ4v) is 8.11. The van der Waals surface area contributed by atoms with Gasteiger partial charge in [-0.2, -0.15) is 0 Å². The van der Waals surface area contributed by atoms with Crippen molar-refractivity contribution in [2.45, 2.75) is 101 Å². The van der Waals surface area contributed by atoms with E-state index in [2.05, 4.69) is 41.2 Å². The summed E-state index contributed by atoms with van der Waals surface area (Å²) in [7, 11) is 0. The Morgan fingerprint density at radius 1 is 0.471 bits per heavy atom. The molecule has 20 N–H and O–H groups in total. The first-order chi connectivity index (χ1) is 31.9. The molecule has 0 aliphatic heterocycles. The summed E-state index contributed by atoms with van der Waals surface area (Å²) in [6, 6.07) is 13.9. The number of nitrogens with two attached hydrogens (primary N) is 8. The molecule has 3 rings (SSSR count). The zero-order valence-electron chi connectivity index (χ0n) is 40.0. The van der Waals surface area contributed by atoms with Crippen LogP contribution < -0.4 is 67.1 Å². The van der Waals surface area contributed by atoms with Gasteiger partial charge in [0.05, 0.1) is 45.6 Å². The first kappa shape index (κ1) is 55.6. The van der Waals surface area contributed by atoms with Gasteiger partial charge in [-0.1, -0.05) is 47.6 Å². The summed E-state index contributed by atoms with van der Waals surface area (Å²) in [5.74, 6) is -0.740. The van der Waals surface area contributed by atoms with Crippen molar-refractivity contribution >= 4 is 93.7 Å². The van der Waals surface area contributed by atoms with Gasteiger partial charge in [-0.25, -0.2) is 0 Å². The Hall–Kier alpha value is -6.68. The number of nitrogens with one attached hydrogen (secondary N) is 4. The Morgan fingerprint density at radius 3 is 1.12 bits per heavy atom. The molecule has 68 heavy (non-hydrogen) atoms. The van der Waals surface area contributed by atoms with Crippen molar-refractivity contribution in [3.63, 3.8) is 0 Å². The molecule has 0 saturated heterocycles. The molecule has 0 unspecified atom stereocenters. The van der Waals surface area contributed by atoms with Crippen molar-refractivity contribution in [2.24, 2.45) is 65.8 Å². The van der Waals surface area contributed by atoms with Crippen molar-refractivity contribution < 1.29 is 19.2 Å². The van der Waals surface area contributed by atoms with E-state index in [0.717, 1.165) is 11.1 Å². The highest BCUT2D eigenvalue weighted by Crippen LogP contribution is 2.41. The van der Waals surface area contributed by atoms with Crippen LogP contribution >= 0.6 is 23.5 Å². The van der Waals surface area contributed by atoms with E-state index in [1.54, 1.807) is 18.2 Å². The fraction of sp³-hybridized carbons (Fsp3) is 0.435. The predicted molar refractivity (Wildman–Crippen MR) is 282 cm³/mol. The third kappa shape index (κ3) is 19.7. The number of nitrogens with zero attached hydrogens (tertiary/aromatic N) is 4. The second kappa shape index (κ2) is 26.6. The van der Waals surface area contributed by atoms with Gasteiger partial charge in [0.15, 0.2) is 23.8 Å². The van der Waals surface area contributed by atoms with E-state index in [0.29, 0.717) is 82.8 Å². The number of rotatable bonds is 24. The van der Waals surface area contributed by atoms with Crippen LogP contribution in [0.4, 0.5) is 22.7 Å². The summed E-state index contributed by atoms with van der Waals surface area (Å²) < 4.78 is 0. The minimum atomic E-state index is -0.497. The highest BCUT2D eigenvalue weighted by atomic mass is 32.2. The van der Waals surface area contributed by atoms with Gasteiger partial charge in [0.1, 0.15) is 0 Å². The maximum absolute atomic E-state index is 14.2. The third-order valence-corrected chi connectivity index (χ3v) is 12.0. The Bertz CT molecular complexity index is 2200. The Kier molecular flexibility index (Phi) is 21.8. The summed E-state index contributed by atoms with van der Waals surface area (Å²) in [5.41, 5.74) is 47.3. The molecule has 0 saturated carbocycles. The summed E-state index contributed by atoms with van der Waals surface area (Å²) in [6.07, 6.45) is 2.74. The second-order valence-electron chi connectivity index (χ2n) is 17.7. The minimum absolute atomic E-state index is 0.00817. The molecule has 0 heterocycles. The van der Waals surface area contributed by atoms with Crippen molar-refractivity contribution in [2.75, 3.05) is 59.0 Å². The number of aliphatic imine (C=N–C) groups is 4. The van der Waals surface area contributed by atoms with Gasteiger partial charge in [0.2, 0.25) is 11.8 Å². The van der Waals surface area contributed by atoms with Crippen LogP contribution in [0, 0.1) is 0 Å². The maximum Gasteiger partial charge on any atom is 0.255 e. The van der Waals surface area contributed by atoms with E-state index in [1.165, 1.54) is 29.6 Å². The Morgan fingerprint density at radius 2 is 0.794 bits per heavy atom. The lowest BCUT2D eigenvalue weighted by Crippen LogP contribution is -2.23. The summed E-state index contributed by atoms with van der Waals surface area (Å²) in [5, 5.41) is 12.2. The predicted octanol–water partition coefficient (Wildman–Crippen LogP) is 4.28. The van der Waals surface area contributed by atoms with E-state index in [1.807, 2.05) is 65.8 Å². The van der Waals surface area contributed by atoms with Gasteiger partial charge in [-0.15, -0.1) is 23.5 Å². The summed E-state index contributed by atoms with van der Waals surface area (Å²) in [4.78, 5) is 72.5. The van der Waals surface area contributed by atoms with E-state index in [-0.39, 0.29) is 83.5 Å². The molecule has 370 valence electrons. The maximum atomic E-state index is 14.2. The van der Waals surface area contributed by atoms with Gasteiger partial charge in [0, 0.05) is 48.6 Å². The van der Waals surface area contributed by atoms with Crippen molar-refractivity contribution in [3.05, 3.63) is 70.8 Å². The summed E-state index contributed by atoms with van der Waals surface area (Å²) >= 11 is 2.73. The molecule has 3 aromatic rings. The van der Waals surface area contributed by atoms with Crippen molar-refractivity contribution in [1.82, 2.24) is 0 Å². The van der Waals surface area contributed by atoms with Crippen LogP contribution in [0.2, 0.25) is 0 Å². The average Bonchev–Trinajstić information content (AvgIpc) is 3.23. The number of hydrogen-bond donors (Lipinski definition) is 12. The highest BCUT2D eigenvalue weighted by molar-refractivity contribution is 7.99. The van der Waals surface area contributed by atoms with Crippen LogP contribution in [-0.4, -0.2) is 85.2 Å². The number of amides is 4. The average molecular weight is 975 g/mol. The van der Waals surface area contributed by atoms with E-state index >= 15 is 0 Å². The number of unbranched alkanes of at least 4 members (excludes halogenated alkanes) is 2. The number of hydrogen-bond acceptors (Lipinski definition) is 10. The Balaban J connectivity index is 2.02. The first-order valence-electron chi connectivity index (χ1n) is 22.1. The van der Waals surface area contributed by atoms with Crippen LogP contribution in [0.5, 0.6) is 0 Å². The smallest absolute Gasteiger partial charge is 0.255 e. The largest absolute Gasteiger partial charge is 0.370 e. The van der Waals surface area contributed by atoms with E-state index in [9.17, 15) is 19.2 Å². The first-order valence-corrected chi connectivity index (χ1v) is 24.1. The lowest BCUT2D eigenvalue weighted by molar-refractivity contribution is -0.117. The van der Waals surface area contributed by atoms with Crippen molar-refractivity contribution in [3.8, 4) is 0 Å². The number of anilines is 4. The lowest BCUT2D eigenvalue weighted by atomic mass is 9.86. The molecule has 0 aliphatic rings. The molecular weight excluding hydrogens is 905 g/mol. The molecule has 20 nitrogen and oxygen atoms in total. The molecule has 0 fully saturated rings. The molecule has 0 radical (unpaired) electrons. The topological polar surface area (TPSA) is 374 Å². The molecule has 3 aromatic carbocycles. The number of carbonyl (C=O) groups excluding carboxylic acids is 4. The standard InChI is InChI=1S/C46H70N16O4S2/c1-45(2,3)29-23-31(59-35(63)14-7-9-16-55-41(47)48)37(67-20-18-57-43(51)52)33(25-29)61-39(65)27-12-11-13-28(22-27)40(66)62-34-26-30(46(4,5)6)24-32(38(34)68-21-19-58-44(53)54)60-36(64)15-8-10-17-56-42(49)50/h11-13,22-26H,7-10,14-21H2,1-6H3,(H,59,63)(H,60,64)(H,61,65)(H,62,66)(H4,47,48,55)(H4,49,50,56)(H4,51,52,57)(H4,53,54,58). The number of guanidine groups is 4. The van der Waals surface area contributed by atoms with Crippen LogP contribution in [0.15, 0.2) is 78.3 Å². The molecule has 0 spiro atoms. The normalized spacial score (nSPS) is 11.1. The minimum Gasteiger partial charge on any atom is -0.370 e. The third-order valence-electron chi connectivity index (χ3n) is 9.82. The SMILES string of the molecule is CC(C)(C)c1cc(NC(=O)CCCCN=C(N)N)c(SCCN=C(N)N)c(NC(=O)c2cccc(C(=O)Nc3cc(C(C)(C)C)cc(NC(=O)CCCCN=C(N)N)c3SCCN=C(N)N)c2)c1. The van der Waals surface area contributed by atoms with Gasteiger partial charge in [0.25, 0.3) is 11.8 Å². The van der Waals surface area contributed by atoms with Crippen molar-refractivity contribution in [1.29, 1.82) is 0 Å². The fourth-order valence-electron chi connectivity index (χ4n) is 6.28. The molecule has 0 aliphatic carbocycles. The van der Waals surface area contributed by atoms with Crippen LogP contribution in [-0.2, 0) is 20.4 Å². The molecule has 22 heteroatoms. The monoisotopic (exact) mass is 975 g/mol. The Labute approximate surface area is 407 Å². The van der Waals surface area contributed by atoms with E-state index in [4.69, 9.17) is 45.9 Å². The zero-order valence-corrected chi connectivity index (χ0v) is 41.6. The van der Waals surface area contributed by atoms with Gasteiger partial charge >= 0.3 is 0 Å². The van der Waals surface area contributed by atoms with Gasteiger partial charge in [-0.05, 0) is 90.1 Å². The van der Waals surface area contributed by atoms with Gasteiger partial charge in [-0.3, -0.25) is 39.1 Å².